The summed E-state index contributed by atoms with van der Waals surface area (Å²) in [5.41, 5.74) is 1.71. The van der Waals surface area contributed by atoms with Crippen molar-refractivity contribution in [3.05, 3.63) is 95.0 Å². The molecule has 0 aromatic heterocycles. The van der Waals surface area contributed by atoms with E-state index in [1.807, 2.05) is 55.5 Å². The van der Waals surface area contributed by atoms with E-state index in [1.165, 1.54) is 0 Å². The summed E-state index contributed by atoms with van der Waals surface area (Å²) < 4.78 is 10.9. The number of carbonyl (C=O) groups is 2. The topological polar surface area (TPSA) is 67.9 Å². The summed E-state index contributed by atoms with van der Waals surface area (Å²) >= 11 is 6.42. The molecule has 1 atom stereocenters. The fourth-order valence-corrected chi connectivity index (χ4v) is 3.83. The van der Waals surface area contributed by atoms with Gasteiger partial charge >= 0.3 is 0 Å². The van der Waals surface area contributed by atoms with Gasteiger partial charge in [-0.25, -0.2) is 0 Å². The van der Waals surface area contributed by atoms with Gasteiger partial charge in [-0.05, 0) is 47.9 Å². The number of nitrogens with zero attached hydrogens (tertiary/aromatic N) is 1. The van der Waals surface area contributed by atoms with E-state index < -0.39 is 6.04 Å². The van der Waals surface area contributed by atoms with Crippen LogP contribution >= 0.6 is 11.6 Å². The summed E-state index contributed by atoms with van der Waals surface area (Å²) in [6, 6.07) is 23.3. The fraction of sp³-hybridized carbons (Fsp3) is 0.286. The number of halogens is 1. The SMILES string of the molecule is CCCNC(=O)C(Cc1ccccc1)N(Cc1ccccc1Cl)C(=O)COc1ccc(OC)cc1. The van der Waals surface area contributed by atoms with Crippen molar-refractivity contribution in [2.45, 2.75) is 32.4 Å². The van der Waals surface area contributed by atoms with Crippen LogP contribution in [0.2, 0.25) is 5.02 Å². The molecule has 2 amide bonds. The Morgan fingerprint density at radius 3 is 2.26 bits per heavy atom. The first kappa shape index (κ1) is 26.1. The zero-order valence-electron chi connectivity index (χ0n) is 20.1. The maximum absolute atomic E-state index is 13.5. The second-order valence-corrected chi connectivity index (χ2v) is 8.48. The predicted octanol–water partition coefficient (Wildman–Crippen LogP) is 4.89. The summed E-state index contributed by atoms with van der Waals surface area (Å²) in [6.45, 7) is 2.48. The molecule has 3 rings (SSSR count). The highest BCUT2D eigenvalue weighted by molar-refractivity contribution is 6.31. The van der Waals surface area contributed by atoms with Crippen LogP contribution in [0.4, 0.5) is 0 Å². The number of hydrogen-bond acceptors (Lipinski definition) is 4. The molecular weight excluding hydrogens is 464 g/mol. The van der Waals surface area contributed by atoms with E-state index in [2.05, 4.69) is 5.32 Å². The highest BCUT2D eigenvalue weighted by Gasteiger charge is 2.31. The van der Waals surface area contributed by atoms with Crippen LogP contribution in [0.25, 0.3) is 0 Å². The smallest absolute Gasteiger partial charge is 0.261 e. The van der Waals surface area contributed by atoms with Crippen molar-refractivity contribution in [2.24, 2.45) is 0 Å². The highest BCUT2D eigenvalue weighted by atomic mass is 35.5. The highest BCUT2D eigenvalue weighted by Crippen LogP contribution is 2.21. The Bertz CT molecular complexity index is 1090. The molecule has 0 spiro atoms. The molecule has 0 aliphatic carbocycles. The van der Waals surface area contributed by atoms with Crippen LogP contribution in [0.1, 0.15) is 24.5 Å². The molecule has 0 saturated carbocycles. The van der Waals surface area contributed by atoms with Crippen LogP contribution in [-0.2, 0) is 22.6 Å². The van der Waals surface area contributed by atoms with Crippen molar-refractivity contribution in [1.29, 1.82) is 0 Å². The minimum absolute atomic E-state index is 0.182. The maximum Gasteiger partial charge on any atom is 0.261 e. The normalized spacial score (nSPS) is 11.4. The minimum Gasteiger partial charge on any atom is -0.497 e. The van der Waals surface area contributed by atoms with Gasteiger partial charge in [0, 0.05) is 24.5 Å². The van der Waals surface area contributed by atoms with Crippen LogP contribution in [0.5, 0.6) is 11.5 Å². The van der Waals surface area contributed by atoms with E-state index in [0.29, 0.717) is 29.5 Å². The van der Waals surface area contributed by atoms with Crippen molar-refractivity contribution in [3.63, 3.8) is 0 Å². The van der Waals surface area contributed by atoms with E-state index in [-0.39, 0.29) is 25.0 Å². The van der Waals surface area contributed by atoms with Crippen molar-refractivity contribution in [2.75, 3.05) is 20.3 Å². The Kier molecular flexibility index (Phi) is 9.99. The number of carbonyl (C=O) groups excluding carboxylic acids is 2. The Balaban J connectivity index is 1.88. The lowest BCUT2D eigenvalue weighted by atomic mass is 10.0. The molecule has 0 aliphatic heterocycles. The first-order valence-electron chi connectivity index (χ1n) is 11.6. The van der Waals surface area contributed by atoms with Gasteiger partial charge < -0.3 is 19.7 Å². The lowest BCUT2D eigenvalue weighted by molar-refractivity contribution is -0.142. The third-order valence-corrected chi connectivity index (χ3v) is 5.91. The summed E-state index contributed by atoms with van der Waals surface area (Å²) in [7, 11) is 1.59. The van der Waals surface area contributed by atoms with E-state index in [9.17, 15) is 9.59 Å². The molecule has 0 bridgehead atoms. The van der Waals surface area contributed by atoms with Gasteiger partial charge in [-0.2, -0.15) is 0 Å². The van der Waals surface area contributed by atoms with Gasteiger partial charge in [0.25, 0.3) is 5.91 Å². The minimum atomic E-state index is -0.729. The monoisotopic (exact) mass is 494 g/mol. The lowest BCUT2D eigenvalue weighted by Crippen LogP contribution is -2.51. The van der Waals surface area contributed by atoms with Crippen LogP contribution in [-0.4, -0.2) is 43.0 Å². The largest absolute Gasteiger partial charge is 0.497 e. The molecule has 3 aromatic rings. The van der Waals surface area contributed by atoms with E-state index >= 15 is 0 Å². The third-order valence-electron chi connectivity index (χ3n) is 5.54. The summed E-state index contributed by atoms with van der Waals surface area (Å²) in [4.78, 5) is 28.4. The van der Waals surface area contributed by atoms with Gasteiger partial charge in [-0.15, -0.1) is 0 Å². The second kappa shape index (κ2) is 13.4. The van der Waals surface area contributed by atoms with Crippen LogP contribution in [0.15, 0.2) is 78.9 Å². The molecule has 0 radical (unpaired) electrons. The van der Waals surface area contributed by atoms with Crippen LogP contribution in [0.3, 0.4) is 0 Å². The van der Waals surface area contributed by atoms with Crippen molar-refractivity contribution >= 4 is 23.4 Å². The molecule has 3 aromatic carbocycles. The van der Waals surface area contributed by atoms with E-state index in [1.54, 1.807) is 42.3 Å². The zero-order valence-corrected chi connectivity index (χ0v) is 20.8. The van der Waals surface area contributed by atoms with Crippen molar-refractivity contribution in [3.8, 4) is 11.5 Å². The van der Waals surface area contributed by atoms with Gasteiger partial charge in [0.2, 0.25) is 5.91 Å². The first-order chi connectivity index (χ1) is 17.0. The number of nitrogens with one attached hydrogen (secondary N) is 1. The molecule has 0 saturated heterocycles. The molecule has 35 heavy (non-hydrogen) atoms. The van der Waals surface area contributed by atoms with Crippen LogP contribution < -0.4 is 14.8 Å². The number of ether oxygens (including phenoxy) is 2. The summed E-state index contributed by atoms with van der Waals surface area (Å²) in [5.74, 6) is 0.709. The third kappa shape index (κ3) is 7.76. The lowest BCUT2D eigenvalue weighted by Gasteiger charge is -2.31. The standard InChI is InChI=1S/C28H31ClN2O4/c1-3-17-30-28(33)26(18-21-9-5-4-6-10-21)31(19-22-11-7-8-12-25(22)29)27(32)20-35-24-15-13-23(34-2)14-16-24/h4-16,26H,3,17-20H2,1-2H3,(H,30,33). The molecule has 7 heteroatoms. The van der Waals surface area contributed by atoms with Crippen molar-refractivity contribution < 1.29 is 19.1 Å². The van der Waals surface area contributed by atoms with Gasteiger partial charge in [-0.1, -0.05) is 67.1 Å². The van der Waals surface area contributed by atoms with Gasteiger partial charge in [0.15, 0.2) is 6.61 Å². The van der Waals surface area contributed by atoms with E-state index in [4.69, 9.17) is 21.1 Å². The first-order valence-corrected chi connectivity index (χ1v) is 12.0. The number of methoxy groups -OCH3 is 1. The Hall–Kier alpha value is -3.51. The Labute approximate surface area is 211 Å². The molecule has 0 fully saturated rings. The number of benzene rings is 3. The summed E-state index contributed by atoms with van der Waals surface area (Å²) in [6.07, 6.45) is 1.16. The molecule has 6 nitrogen and oxygen atoms in total. The van der Waals surface area contributed by atoms with Crippen molar-refractivity contribution in [1.82, 2.24) is 10.2 Å². The molecule has 1 unspecified atom stereocenters. The van der Waals surface area contributed by atoms with E-state index in [0.717, 1.165) is 17.5 Å². The fourth-order valence-electron chi connectivity index (χ4n) is 3.63. The van der Waals surface area contributed by atoms with Gasteiger partial charge in [0.05, 0.1) is 7.11 Å². The Morgan fingerprint density at radius 2 is 1.60 bits per heavy atom. The number of amides is 2. The molecule has 1 N–H and O–H groups in total. The summed E-state index contributed by atoms with van der Waals surface area (Å²) in [5, 5.41) is 3.49. The van der Waals surface area contributed by atoms with Gasteiger partial charge in [0.1, 0.15) is 17.5 Å². The average molecular weight is 495 g/mol. The van der Waals surface area contributed by atoms with Gasteiger partial charge in [-0.3, -0.25) is 9.59 Å². The second-order valence-electron chi connectivity index (χ2n) is 8.07. The predicted molar refractivity (Wildman–Crippen MR) is 138 cm³/mol. The number of hydrogen-bond donors (Lipinski definition) is 1. The Morgan fingerprint density at radius 1 is 0.943 bits per heavy atom. The maximum atomic E-state index is 13.5. The quantitative estimate of drug-likeness (QED) is 0.389. The zero-order chi connectivity index (χ0) is 25.0. The molecule has 0 heterocycles. The number of rotatable bonds is 12. The molecule has 184 valence electrons. The molecule has 0 aliphatic rings. The average Bonchev–Trinajstić information content (AvgIpc) is 2.89. The molecular formula is C28H31ClN2O4. The van der Waals surface area contributed by atoms with Crippen LogP contribution in [0, 0.1) is 0 Å².